The van der Waals surface area contributed by atoms with E-state index < -0.39 is 6.10 Å². The van der Waals surface area contributed by atoms with E-state index in [2.05, 4.69) is 20.7 Å². The van der Waals surface area contributed by atoms with Crippen LogP contribution in [0.5, 0.6) is 0 Å². The van der Waals surface area contributed by atoms with Crippen LogP contribution in [0.2, 0.25) is 0 Å². The Hall–Kier alpha value is -1.99. The minimum Gasteiger partial charge on any atom is -0.394 e. The molecule has 0 spiro atoms. The molecule has 3 N–H and O–H groups in total. The van der Waals surface area contributed by atoms with Crippen LogP contribution in [-0.4, -0.2) is 49.7 Å². The molecule has 0 radical (unpaired) electrons. The van der Waals surface area contributed by atoms with Gasteiger partial charge in [0.25, 0.3) is 0 Å². The van der Waals surface area contributed by atoms with Crippen molar-refractivity contribution in [1.82, 2.24) is 20.2 Å². The van der Waals surface area contributed by atoms with Crippen molar-refractivity contribution in [2.45, 2.75) is 19.6 Å². The van der Waals surface area contributed by atoms with E-state index in [9.17, 15) is 5.11 Å². The summed E-state index contributed by atoms with van der Waals surface area (Å²) in [6, 6.07) is 7.51. The largest absolute Gasteiger partial charge is 0.394 e. The summed E-state index contributed by atoms with van der Waals surface area (Å²) < 4.78 is 0. The molecule has 7 nitrogen and oxygen atoms in total. The highest BCUT2D eigenvalue weighted by atomic mass is 16.3. The van der Waals surface area contributed by atoms with Crippen LogP contribution >= 0.6 is 0 Å². The molecule has 0 saturated carbocycles. The summed E-state index contributed by atoms with van der Waals surface area (Å²) in [6.07, 6.45) is -0.775. The molecule has 102 valence electrons. The van der Waals surface area contributed by atoms with E-state index in [1.165, 1.54) is 4.80 Å². The van der Waals surface area contributed by atoms with E-state index >= 15 is 0 Å². The predicted molar refractivity (Wildman–Crippen MR) is 70.5 cm³/mol. The van der Waals surface area contributed by atoms with E-state index in [0.29, 0.717) is 12.4 Å². The second-order valence-electron chi connectivity index (χ2n) is 4.10. The number of hydrogen-bond acceptors (Lipinski definition) is 6. The van der Waals surface area contributed by atoms with E-state index in [1.807, 2.05) is 31.2 Å². The first-order chi connectivity index (χ1) is 9.22. The van der Waals surface area contributed by atoms with Gasteiger partial charge in [-0.3, -0.25) is 0 Å². The summed E-state index contributed by atoms with van der Waals surface area (Å²) in [5.74, 6) is 0.563. The number of nitrogens with zero attached hydrogens (tertiary/aromatic N) is 4. The quantitative estimate of drug-likeness (QED) is 0.685. The third-order valence-corrected chi connectivity index (χ3v) is 2.61. The van der Waals surface area contributed by atoms with Crippen molar-refractivity contribution in [3.63, 3.8) is 0 Å². The molecule has 19 heavy (non-hydrogen) atoms. The Bertz CT molecular complexity index is 528. The maximum absolute atomic E-state index is 9.29. The van der Waals surface area contributed by atoms with Crippen LogP contribution in [0.15, 0.2) is 24.3 Å². The molecule has 0 aliphatic heterocycles. The van der Waals surface area contributed by atoms with Crippen LogP contribution < -0.4 is 5.32 Å². The van der Waals surface area contributed by atoms with Crippen molar-refractivity contribution in [2.75, 3.05) is 18.5 Å². The summed E-state index contributed by atoms with van der Waals surface area (Å²) in [5, 5.41) is 33.2. The summed E-state index contributed by atoms with van der Waals surface area (Å²) >= 11 is 0. The molecule has 0 aliphatic rings. The van der Waals surface area contributed by atoms with Crippen molar-refractivity contribution in [3.8, 4) is 11.4 Å². The lowest BCUT2D eigenvalue weighted by Gasteiger charge is -2.10. The third kappa shape index (κ3) is 3.49. The molecule has 0 aliphatic carbocycles. The van der Waals surface area contributed by atoms with Gasteiger partial charge in [-0.25, -0.2) is 0 Å². The lowest BCUT2D eigenvalue weighted by Crippen LogP contribution is -2.22. The lowest BCUT2D eigenvalue weighted by atomic mass is 10.2. The number of aliphatic hydroxyl groups is 2. The van der Waals surface area contributed by atoms with Crippen molar-refractivity contribution in [3.05, 3.63) is 24.3 Å². The van der Waals surface area contributed by atoms with Crippen LogP contribution in [-0.2, 0) is 6.54 Å². The van der Waals surface area contributed by atoms with Gasteiger partial charge in [-0.2, -0.15) is 4.80 Å². The van der Waals surface area contributed by atoms with Gasteiger partial charge in [-0.15, -0.1) is 10.2 Å². The van der Waals surface area contributed by atoms with Crippen molar-refractivity contribution >= 4 is 5.69 Å². The smallest absolute Gasteiger partial charge is 0.204 e. The normalized spacial score (nSPS) is 12.4. The second-order valence-corrected chi connectivity index (χ2v) is 4.10. The highest BCUT2D eigenvalue weighted by molar-refractivity contribution is 5.61. The molecule has 1 aromatic carbocycles. The number of benzene rings is 1. The average molecular weight is 263 g/mol. The first kappa shape index (κ1) is 13.4. The Morgan fingerprint density at radius 2 is 2.26 bits per heavy atom. The zero-order chi connectivity index (χ0) is 13.7. The van der Waals surface area contributed by atoms with Crippen LogP contribution in [0.1, 0.15) is 6.92 Å². The highest BCUT2D eigenvalue weighted by Gasteiger charge is 2.06. The number of aryl methyl sites for hydroxylation is 1. The monoisotopic (exact) mass is 263 g/mol. The maximum atomic E-state index is 9.29. The van der Waals surface area contributed by atoms with Crippen molar-refractivity contribution in [2.24, 2.45) is 0 Å². The van der Waals surface area contributed by atoms with Gasteiger partial charge in [0.05, 0.1) is 19.3 Å². The first-order valence-corrected chi connectivity index (χ1v) is 6.14. The standard InChI is InChI=1S/C12H17N5O2/c1-2-17-15-12(14-16-17)9-4-3-5-10(6-9)13-7-11(19)8-18/h3-6,11,13,18-19H,2,7-8H2,1H3. The molecule has 0 amide bonds. The van der Waals surface area contributed by atoms with E-state index in [-0.39, 0.29) is 13.2 Å². The molecule has 0 fully saturated rings. The Morgan fingerprint density at radius 1 is 1.42 bits per heavy atom. The second kappa shape index (κ2) is 6.26. The van der Waals surface area contributed by atoms with Crippen LogP contribution in [0, 0.1) is 0 Å². The third-order valence-electron chi connectivity index (χ3n) is 2.61. The van der Waals surface area contributed by atoms with Gasteiger partial charge in [0.2, 0.25) is 5.82 Å². The van der Waals surface area contributed by atoms with Crippen molar-refractivity contribution < 1.29 is 10.2 Å². The molecule has 1 atom stereocenters. The SMILES string of the molecule is CCn1nnc(-c2cccc(NCC(O)CO)c2)n1. The molecule has 2 aromatic rings. The molecule has 0 saturated heterocycles. The molecule has 1 aromatic heterocycles. The number of nitrogens with one attached hydrogen (secondary N) is 1. The zero-order valence-corrected chi connectivity index (χ0v) is 10.7. The summed E-state index contributed by atoms with van der Waals surface area (Å²) in [5.41, 5.74) is 1.68. The Morgan fingerprint density at radius 3 is 2.95 bits per heavy atom. The van der Waals surface area contributed by atoms with Crippen LogP contribution in [0.4, 0.5) is 5.69 Å². The average Bonchev–Trinajstić information content (AvgIpc) is 2.94. The minimum absolute atomic E-state index is 0.265. The van der Waals surface area contributed by atoms with Gasteiger partial charge < -0.3 is 15.5 Å². The topological polar surface area (TPSA) is 96.1 Å². The highest BCUT2D eigenvalue weighted by Crippen LogP contribution is 2.18. The number of aromatic nitrogens is 4. The van der Waals surface area contributed by atoms with Gasteiger partial charge in [0.15, 0.2) is 0 Å². The number of aliphatic hydroxyl groups excluding tert-OH is 2. The molecule has 0 bridgehead atoms. The van der Waals surface area contributed by atoms with E-state index in [1.54, 1.807) is 0 Å². The fourth-order valence-electron chi connectivity index (χ4n) is 1.56. The summed E-state index contributed by atoms with van der Waals surface area (Å²) in [6.45, 7) is 2.64. The van der Waals surface area contributed by atoms with E-state index in [0.717, 1.165) is 11.3 Å². The van der Waals surface area contributed by atoms with Gasteiger partial charge in [-0.05, 0) is 24.3 Å². The predicted octanol–water partition coefficient (Wildman–Crippen LogP) is 0.125. The maximum Gasteiger partial charge on any atom is 0.204 e. The Kier molecular flexibility index (Phi) is 4.43. The fourth-order valence-corrected chi connectivity index (χ4v) is 1.56. The summed E-state index contributed by atoms with van der Waals surface area (Å²) in [7, 11) is 0. The molecule has 1 heterocycles. The zero-order valence-electron chi connectivity index (χ0n) is 10.7. The van der Waals surface area contributed by atoms with E-state index in [4.69, 9.17) is 5.11 Å². The summed E-state index contributed by atoms with van der Waals surface area (Å²) in [4.78, 5) is 1.52. The number of rotatable bonds is 6. The molecule has 1 unspecified atom stereocenters. The van der Waals surface area contributed by atoms with Crippen molar-refractivity contribution in [1.29, 1.82) is 0 Å². The number of tetrazole rings is 1. The Balaban J connectivity index is 2.10. The van der Waals surface area contributed by atoms with Gasteiger partial charge in [-0.1, -0.05) is 12.1 Å². The molecular formula is C12H17N5O2. The molecular weight excluding hydrogens is 246 g/mol. The molecule has 7 heteroatoms. The first-order valence-electron chi connectivity index (χ1n) is 6.14. The van der Waals surface area contributed by atoms with Gasteiger partial charge in [0.1, 0.15) is 0 Å². The van der Waals surface area contributed by atoms with Gasteiger partial charge in [0, 0.05) is 17.8 Å². The van der Waals surface area contributed by atoms with Crippen LogP contribution in [0.3, 0.4) is 0 Å². The lowest BCUT2D eigenvalue weighted by molar-refractivity contribution is 0.105. The molecule has 2 rings (SSSR count). The van der Waals surface area contributed by atoms with Crippen LogP contribution in [0.25, 0.3) is 11.4 Å². The number of hydrogen-bond donors (Lipinski definition) is 3. The van der Waals surface area contributed by atoms with Gasteiger partial charge >= 0.3 is 0 Å². The Labute approximate surface area is 110 Å². The minimum atomic E-state index is -0.775. The number of anilines is 1. The fraction of sp³-hybridized carbons (Fsp3) is 0.417.